The number of rotatable bonds is 1. The number of fused-ring (bicyclic) bond motifs is 1. The first-order valence-corrected chi connectivity index (χ1v) is 4.63. The first-order valence-electron chi connectivity index (χ1n) is 4.22. The van der Waals surface area contributed by atoms with Crippen LogP contribution in [0.25, 0.3) is 11.0 Å². The molecular weight excluding hydrogens is 196 g/mol. The molecule has 2 nitrogen and oxygen atoms in total. The molecule has 0 saturated heterocycles. The van der Waals surface area contributed by atoms with Crippen LogP contribution in [0.2, 0.25) is 0 Å². The van der Waals surface area contributed by atoms with Gasteiger partial charge in [-0.15, -0.1) is 0 Å². The molecule has 0 atom stereocenters. The summed E-state index contributed by atoms with van der Waals surface area (Å²) in [5.41, 5.74) is 1.15. The molecule has 0 fully saturated rings. The summed E-state index contributed by atoms with van der Waals surface area (Å²) in [6.45, 7) is 1.51. The summed E-state index contributed by atoms with van der Waals surface area (Å²) in [5, 5.41) is 0.895. The zero-order valence-electron chi connectivity index (χ0n) is 7.61. The monoisotopic (exact) mass is 204 g/mol. The third-order valence-corrected chi connectivity index (χ3v) is 2.25. The van der Waals surface area contributed by atoms with Gasteiger partial charge in [0.2, 0.25) is 0 Å². The first-order chi connectivity index (χ1) is 6.68. The quantitative estimate of drug-likeness (QED) is 0.527. The average Bonchev–Trinajstić information content (AvgIpc) is 2.16. The highest BCUT2D eigenvalue weighted by Crippen LogP contribution is 2.19. The fourth-order valence-electron chi connectivity index (χ4n) is 1.37. The summed E-state index contributed by atoms with van der Waals surface area (Å²) < 4.78 is 5.74. The van der Waals surface area contributed by atoms with Crippen molar-refractivity contribution in [3.05, 3.63) is 40.6 Å². The van der Waals surface area contributed by atoms with E-state index in [0.717, 1.165) is 5.39 Å². The molecule has 1 aromatic carbocycles. The minimum absolute atomic E-state index is 0.0139. The fourth-order valence-corrected chi connectivity index (χ4v) is 1.52. The van der Waals surface area contributed by atoms with Crippen molar-refractivity contribution in [2.24, 2.45) is 0 Å². The number of carbonyl (C=O) groups excluding carboxylic acids is 1. The predicted molar refractivity (Wildman–Crippen MR) is 57.1 cm³/mol. The van der Waals surface area contributed by atoms with Gasteiger partial charge in [0.05, 0.1) is 5.56 Å². The van der Waals surface area contributed by atoms with Gasteiger partial charge in [0.25, 0.3) is 0 Å². The van der Waals surface area contributed by atoms with E-state index in [4.69, 9.17) is 16.6 Å². The van der Waals surface area contributed by atoms with Crippen LogP contribution >= 0.6 is 12.2 Å². The van der Waals surface area contributed by atoms with E-state index >= 15 is 0 Å². The van der Waals surface area contributed by atoms with E-state index < -0.39 is 0 Å². The van der Waals surface area contributed by atoms with Crippen LogP contribution in [0.3, 0.4) is 0 Å². The maximum atomic E-state index is 11.3. The molecule has 14 heavy (non-hydrogen) atoms. The number of hydrogen-bond donors (Lipinski definition) is 0. The summed E-state index contributed by atoms with van der Waals surface area (Å²) >= 11 is 4.91. The van der Waals surface area contributed by atoms with Gasteiger partial charge in [-0.25, -0.2) is 0 Å². The van der Waals surface area contributed by atoms with Gasteiger partial charge in [0.1, 0.15) is 5.58 Å². The van der Waals surface area contributed by atoms with Gasteiger partial charge in [0, 0.05) is 5.39 Å². The number of carbonyl (C=O) groups is 1. The van der Waals surface area contributed by atoms with Crippen LogP contribution < -0.4 is 0 Å². The molecule has 0 N–H and O–H groups in total. The highest BCUT2D eigenvalue weighted by molar-refractivity contribution is 7.71. The highest BCUT2D eigenvalue weighted by atomic mass is 32.1. The van der Waals surface area contributed by atoms with Gasteiger partial charge < -0.3 is 4.42 Å². The predicted octanol–water partition coefficient (Wildman–Crippen LogP) is 3.36. The Morgan fingerprint density at radius 1 is 1.29 bits per heavy atom. The van der Waals surface area contributed by atoms with E-state index in [0.29, 0.717) is 15.9 Å². The number of benzene rings is 1. The molecule has 0 aliphatic carbocycles. The third kappa shape index (κ3) is 1.46. The lowest BCUT2D eigenvalue weighted by Gasteiger charge is -2.00. The summed E-state index contributed by atoms with van der Waals surface area (Å²) in [5.74, 6) is -0.0139. The second-order valence-electron chi connectivity index (χ2n) is 3.03. The van der Waals surface area contributed by atoms with Gasteiger partial charge in [-0.05, 0) is 37.3 Å². The lowest BCUT2D eigenvalue weighted by atomic mass is 10.1. The molecule has 0 aliphatic heterocycles. The van der Waals surface area contributed by atoms with Crippen molar-refractivity contribution in [1.82, 2.24) is 0 Å². The molecule has 0 aliphatic rings. The Hall–Kier alpha value is -1.48. The zero-order valence-corrected chi connectivity index (χ0v) is 8.43. The summed E-state index contributed by atoms with van der Waals surface area (Å²) in [4.78, 5) is 11.3. The van der Waals surface area contributed by atoms with Crippen molar-refractivity contribution < 1.29 is 9.21 Å². The van der Waals surface area contributed by atoms with Crippen molar-refractivity contribution in [2.75, 3.05) is 0 Å². The highest BCUT2D eigenvalue weighted by Gasteiger charge is 2.06. The topological polar surface area (TPSA) is 30.2 Å². The van der Waals surface area contributed by atoms with Crippen molar-refractivity contribution in [1.29, 1.82) is 0 Å². The Bertz CT molecular complexity index is 554. The van der Waals surface area contributed by atoms with E-state index in [1.165, 1.54) is 6.92 Å². The fraction of sp³-hybridized carbons (Fsp3) is 0.0909. The van der Waals surface area contributed by atoms with Gasteiger partial charge in [-0.1, -0.05) is 12.1 Å². The summed E-state index contributed by atoms with van der Waals surface area (Å²) in [6, 6.07) is 9.02. The third-order valence-electron chi connectivity index (χ3n) is 2.03. The van der Waals surface area contributed by atoms with Crippen LogP contribution in [-0.4, -0.2) is 5.78 Å². The smallest absolute Gasteiger partial charge is 0.190 e. The van der Waals surface area contributed by atoms with Crippen LogP contribution in [0.15, 0.2) is 34.7 Å². The zero-order chi connectivity index (χ0) is 10.1. The van der Waals surface area contributed by atoms with Crippen LogP contribution in [0.1, 0.15) is 17.3 Å². The van der Waals surface area contributed by atoms with E-state index in [-0.39, 0.29) is 5.78 Å². The molecule has 0 radical (unpaired) electrons. The van der Waals surface area contributed by atoms with Crippen molar-refractivity contribution in [3.8, 4) is 0 Å². The SMILES string of the molecule is CC(=O)c1cccc2ccc(=S)oc12. The molecule has 2 aromatic rings. The molecule has 0 amide bonds. The van der Waals surface area contributed by atoms with Crippen molar-refractivity contribution >= 4 is 29.0 Å². The Morgan fingerprint density at radius 3 is 2.79 bits per heavy atom. The van der Waals surface area contributed by atoms with E-state index in [1.54, 1.807) is 12.1 Å². The number of para-hydroxylation sites is 1. The second kappa shape index (κ2) is 3.35. The van der Waals surface area contributed by atoms with Crippen molar-refractivity contribution in [3.63, 3.8) is 0 Å². The molecule has 0 unspecified atom stereocenters. The van der Waals surface area contributed by atoms with Gasteiger partial charge in [-0.3, -0.25) is 4.79 Å². The minimum Gasteiger partial charge on any atom is -0.444 e. The molecule has 2 rings (SSSR count). The summed E-state index contributed by atoms with van der Waals surface area (Å²) in [7, 11) is 0. The average molecular weight is 204 g/mol. The molecule has 0 spiro atoms. The second-order valence-corrected chi connectivity index (χ2v) is 3.44. The van der Waals surface area contributed by atoms with Crippen LogP contribution in [-0.2, 0) is 0 Å². The summed E-state index contributed by atoms with van der Waals surface area (Å²) in [6.07, 6.45) is 0. The first kappa shape index (κ1) is 9.09. The molecule has 0 saturated carbocycles. The lowest BCUT2D eigenvalue weighted by molar-refractivity contribution is 0.101. The van der Waals surface area contributed by atoms with Gasteiger partial charge >= 0.3 is 0 Å². The standard InChI is InChI=1S/C11H8O2S/c1-7(12)9-4-2-3-8-5-6-10(14)13-11(8)9/h2-6H,1H3. The molecule has 70 valence electrons. The number of ketones is 1. The van der Waals surface area contributed by atoms with E-state index in [2.05, 4.69) is 0 Å². The lowest BCUT2D eigenvalue weighted by Crippen LogP contribution is -1.92. The van der Waals surface area contributed by atoms with Crippen molar-refractivity contribution in [2.45, 2.75) is 6.92 Å². The van der Waals surface area contributed by atoms with E-state index in [1.807, 2.05) is 18.2 Å². The van der Waals surface area contributed by atoms with E-state index in [9.17, 15) is 4.79 Å². The molecule has 1 heterocycles. The Balaban J connectivity index is 2.91. The van der Waals surface area contributed by atoms with Gasteiger partial charge in [-0.2, -0.15) is 0 Å². The molecule has 3 heteroatoms. The van der Waals surface area contributed by atoms with Crippen LogP contribution in [0.4, 0.5) is 0 Å². The van der Waals surface area contributed by atoms with Crippen LogP contribution in [0, 0.1) is 4.71 Å². The molecular formula is C11H8O2S. The minimum atomic E-state index is -0.0139. The van der Waals surface area contributed by atoms with Crippen LogP contribution in [0.5, 0.6) is 0 Å². The maximum Gasteiger partial charge on any atom is 0.190 e. The normalized spacial score (nSPS) is 10.4. The Labute approximate surface area is 86.2 Å². The number of hydrogen-bond acceptors (Lipinski definition) is 3. The largest absolute Gasteiger partial charge is 0.444 e. The Morgan fingerprint density at radius 2 is 2.07 bits per heavy atom. The maximum absolute atomic E-state index is 11.3. The van der Waals surface area contributed by atoms with Gasteiger partial charge in [0.15, 0.2) is 10.5 Å². The number of Topliss-reactive ketones (excluding diaryl/α,β-unsaturated/α-hetero) is 1. The molecule has 1 aromatic heterocycles. The Kier molecular flexibility index (Phi) is 2.17. The molecule has 0 bridgehead atoms.